The van der Waals surface area contributed by atoms with Crippen molar-refractivity contribution in [2.75, 3.05) is 11.4 Å². The topological polar surface area (TPSA) is 41.9 Å². The molecule has 0 aliphatic rings. The van der Waals surface area contributed by atoms with Crippen molar-refractivity contribution in [2.24, 2.45) is 0 Å². The van der Waals surface area contributed by atoms with Gasteiger partial charge in [0.05, 0.1) is 0 Å². The summed E-state index contributed by atoms with van der Waals surface area (Å²) in [4.78, 5) is 13.4. The van der Waals surface area contributed by atoms with E-state index >= 15 is 0 Å². The molecule has 0 aliphatic carbocycles. The third-order valence-electron chi connectivity index (χ3n) is 2.26. The molecule has 0 fully saturated rings. The van der Waals surface area contributed by atoms with Crippen LogP contribution in [0.1, 0.15) is 6.92 Å². The van der Waals surface area contributed by atoms with Crippen molar-refractivity contribution in [3.63, 3.8) is 0 Å². The van der Waals surface area contributed by atoms with Crippen LogP contribution >= 0.6 is 23.2 Å². The molecule has 1 aromatic carbocycles. The fourth-order valence-electron chi connectivity index (χ4n) is 1.50. The summed E-state index contributed by atoms with van der Waals surface area (Å²) >= 11 is 11.5. The number of anilines is 2. The van der Waals surface area contributed by atoms with Crippen molar-refractivity contribution < 1.29 is 4.39 Å². The van der Waals surface area contributed by atoms with Crippen LogP contribution in [0.15, 0.2) is 24.3 Å². The van der Waals surface area contributed by atoms with E-state index in [-0.39, 0.29) is 16.4 Å². The maximum atomic E-state index is 12.9. The Kier molecular flexibility index (Phi) is 3.93. The van der Waals surface area contributed by atoms with Gasteiger partial charge in [0.1, 0.15) is 5.82 Å². The average Bonchev–Trinajstić information content (AvgIpc) is 2.31. The molecule has 4 nitrogen and oxygen atoms in total. The number of hydrogen-bond acceptors (Lipinski definition) is 4. The van der Waals surface area contributed by atoms with Crippen molar-refractivity contribution >= 4 is 34.8 Å². The molecule has 0 aliphatic heterocycles. The first-order valence-corrected chi connectivity index (χ1v) is 5.96. The van der Waals surface area contributed by atoms with E-state index in [1.165, 1.54) is 12.1 Å². The molecular formula is C11H9Cl2FN4. The smallest absolute Gasteiger partial charge is 0.235 e. The highest BCUT2D eigenvalue weighted by Gasteiger charge is 2.12. The third-order valence-corrected chi connectivity index (χ3v) is 2.60. The second kappa shape index (κ2) is 5.46. The van der Waals surface area contributed by atoms with Crippen LogP contribution in [0.25, 0.3) is 0 Å². The summed E-state index contributed by atoms with van der Waals surface area (Å²) < 4.78 is 12.9. The predicted octanol–water partition coefficient (Wildman–Crippen LogP) is 3.48. The number of nitrogens with zero attached hydrogens (tertiary/aromatic N) is 4. The molecule has 0 N–H and O–H groups in total. The van der Waals surface area contributed by atoms with Crippen molar-refractivity contribution in [1.29, 1.82) is 0 Å². The normalized spacial score (nSPS) is 10.4. The van der Waals surface area contributed by atoms with E-state index in [9.17, 15) is 4.39 Å². The van der Waals surface area contributed by atoms with Gasteiger partial charge < -0.3 is 4.90 Å². The first-order chi connectivity index (χ1) is 8.60. The minimum absolute atomic E-state index is 0.0190. The highest BCUT2D eigenvalue weighted by Crippen LogP contribution is 2.23. The first-order valence-electron chi connectivity index (χ1n) is 5.20. The van der Waals surface area contributed by atoms with Gasteiger partial charge in [0, 0.05) is 12.2 Å². The summed E-state index contributed by atoms with van der Waals surface area (Å²) in [7, 11) is 0. The van der Waals surface area contributed by atoms with Gasteiger partial charge in [-0.05, 0) is 54.4 Å². The SMILES string of the molecule is CCN(c1ccc(F)cc1)c1nc(Cl)nc(Cl)n1. The lowest BCUT2D eigenvalue weighted by Gasteiger charge is -2.20. The molecule has 0 bridgehead atoms. The summed E-state index contributed by atoms with van der Waals surface area (Å²) in [6.07, 6.45) is 0. The molecule has 0 unspecified atom stereocenters. The summed E-state index contributed by atoms with van der Waals surface area (Å²) in [6, 6.07) is 5.99. The third kappa shape index (κ3) is 2.86. The second-order valence-corrected chi connectivity index (χ2v) is 4.07. The Morgan fingerprint density at radius 2 is 1.61 bits per heavy atom. The predicted molar refractivity (Wildman–Crippen MR) is 68.9 cm³/mol. The van der Waals surface area contributed by atoms with Crippen LogP contribution in [0.5, 0.6) is 0 Å². The molecule has 94 valence electrons. The summed E-state index contributed by atoms with van der Waals surface area (Å²) in [5.74, 6) is 0.0237. The van der Waals surface area contributed by atoms with Crippen LogP contribution in [0.2, 0.25) is 10.6 Å². The lowest BCUT2D eigenvalue weighted by atomic mass is 10.3. The second-order valence-electron chi connectivity index (χ2n) is 3.39. The molecule has 0 saturated heterocycles. The quantitative estimate of drug-likeness (QED) is 0.866. The van der Waals surface area contributed by atoms with Gasteiger partial charge in [0.15, 0.2) is 0 Å². The molecule has 2 aromatic rings. The molecule has 0 amide bonds. The van der Waals surface area contributed by atoms with Crippen molar-refractivity contribution in [3.8, 4) is 0 Å². The van der Waals surface area contributed by atoms with Gasteiger partial charge in [0.2, 0.25) is 16.5 Å². The minimum atomic E-state index is -0.304. The number of rotatable bonds is 3. The standard InChI is InChI=1S/C11H9Cl2FN4/c1-2-18(8-5-3-7(14)4-6-8)11-16-9(12)15-10(13)17-11/h3-6H,2H2,1H3. The molecule has 0 atom stereocenters. The van der Waals surface area contributed by atoms with Crippen LogP contribution < -0.4 is 4.90 Å². The van der Waals surface area contributed by atoms with Gasteiger partial charge >= 0.3 is 0 Å². The Morgan fingerprint density at radius 1 is 1.06 bits per heavy atom. The van der Waals surface area contributed by atoms with Gasteiger partial charge in [-0.15, -0.1) is 0 Å². The van der Waals surface area contributed by atoms with Gasteiger partial charge in [0.25, 0.3) is 0 Å². The van der Waals surface area contributed by atoms with Crippen LogP contribution in [0.3, 0.4) is 0 Å². The van der Waals surface area contributed by atoms with E-state index < -0.39 is 0 Å². The van der Waals surface area contributed by atoms with E-state index in [1.807, 2.05) is 6.92 Å². The molecule has 2 rings (SSSR count). The molecular weight excluding hydrogens is 278 g/mol. The fraction of sp³-hybridized carbons (Fsp3) is 0.182. The number of hydrogen-bond donors (Lipinski definition) is 0. The molecule has 0 radical (unpaired) electrons. The Hall–Kier alpha value is -1.46. The Balaban J connectivity index is 2.41. The Bertz CT molecular complexity index is 527. The number of benzene rings is 1. The zero-order chi connectivity index (χ0) is 13.1. The Labute approximate surface area is 113 Å². The van der Waals surface area contributed by atoms with Crippen LogP contribution in [0.4, 0.5) is 16.0 Å². The highest BCUT2D eigenvalue weighted by atomic mass is 35.5. The zero-order valence-electron chi connectivity index (χ0n) is 9.44. The largest absolute Gasteiger partial charge is 0.311 e. The summed E-state index contributed by atoms with van der Waals surface area (Å²) in [6.45, 7) is 2.50. The summed E-state index contributed by atoms with van der Waals surface area (Å²) in [5, 5.41) is 0.0381. The van der Waals surface area contributed by atoms with Gasteiger partial charge in [-0.3, -0.25) is 0 Å². The van der Waals surface area contributed by atoms with E-state index in [1.54, 1.807) is 17.0 Å². The van der Waals surface area contributed by atoms with E-state index in [2.05, 4.69) is 15.0 Å². The van der Waals surface area contributed by atoms with Crippen LogP contribution in [-0.4, -0.2) is 21.5 Å². The fourth-order valence-corrected chi connectivity index (χ4v) is 1.85. The monoisotopic (exact) mass is 286 g/mol. The number of halogens is 3. The van der Waals surface area contributed by atoms with E-state index in [4.69, 9.17) is 23.2 Å². The van der Waals surface area contributed by atoms with E-state index in [0.29, 0.717) is 12.5 Å². The maximum Gasteiger partial charge on any atom is 0.235 e. The number of aromatic nitrogens is 3. The Morgan fingerprint density at radius 3 is 2.11 bits per heavy atom. The zero-order valence-corrected chi connectivity index (χ0v) is 11.0. The lowest BCUT2D eigenvalue weighted by Crippen LogP contribution is -2.19. The molecule has 1 aromatic heterocycles. The molecule has 18 heavy (non-hydrogen) atoms. The van der Waals surface area contributed by atoms with Crippen LogP contribution in [-0.2, 0) is 0 Å². The van der Waals surface area contributed by atoms with Crippen LogP contribution in [0, 0.1) is 5.82 Å². The van der Waals surface area contributed by atoms with Gasteiger partial charge in [-0.2, -0.15) is 15.0 Å². The average molecular weight is 287 g/mol. The lowest BCUT2D eigenvalue weighted by molar-refractivity contribution is 0.627. The van der Waals surface area contributed by atoms with Gasteiger partial charge in [-0.25, -0.2) is 4.39 Å². The summed E-state index contributed by atoms with van der Waals surface area (Å²) in [5.41, 5.74) is 0.747. The molecule has 7 heteroatoms. The maximum absolute atomic E-state index is 12.9. The molecule has 1 heterocycles. The van der Waals surface area contributed by atoms with E-state index in [0.717, 1.165) is 5.69 Å². The molecule has 0 spiro atoms. The van der Waals surface area contributed by atoms with Crippen molar-refractivity contribution in [3.05, 3.63) is 40.6 Å². The minimum Gasteiger partial charge on any atom is -0.311 e. The molecule has 0 saturated carbocycles. The highest BCUT2D eigenvalue weighted by molar-refractivity contribution is 6.31. The first kappa shape index (κ1) is 13.0. The van der Waals surface area contributed by atoms with Gasteiger partial charge in [-0.1, -0.05) is 0 Å². The van der Waals surface area contributed by atoms with Crippen molar-refractivity contribution in [2.45, 2.75) is 6.92 Å². The van der Waals surface area contributed by atoms with Crippen molar-refractivity contribution in [1.82, 2.24) is 15.0 Å².